The van der Waals surface area contributed by atoms with Crippen molar-refractivity contribution in [3.63, 3.8) is 0 Å². The number of carbonyl (C=O) groups excluding carboxylic acids is 1. The van der Waals surface area contributed by atoms with Crippen molar-refractivity contribution in [2.75, 3.05) is 0 Å². The summed E-state index contributed by atoms with van der Waals surface area (Å²) in [6.45, 7) is 1.72. The van der Waals surface area contributed by atoms with Gasteiger partial charge < -0.3 is 5.11 Å². The van der Waals surface area contributed by atoms with E-state index < -0.39 is 5.60 Å². The Bertz CT molecular complexity index is 418. The Hall–Kier alpha value is -1.41. The van der Waals surface area contributed by atoms with E-state index in [0.717, 1.165) is 18.4 Å². The van der Waals surface area contributed by atoms with Gasteiger partial charge in [0.1, 0.15) is 5.78 Å². The summed E-state index contributed by atoms with van der Waals surface area (Å²) in [7, 11) is 0. The highest BCUT2D eigenvalue weighted by Gasteiger charge is 2.37. The normalized spacial score (nSPS) is 24.1. The SMILES string of the molecule is CC(O)(/C=C/c1ccccc1)C1CCCC1=O. The Balaban J connectivity index is 2.11. The Morgan fingerprint density at radius 2 is 2.06 bits per heavy atom. The summed E-state index contributed by atoms with van der Waals surface area (Å²) >= 11 is 0. The molecule has 1 N–H and O–H groups in total. The van der Waals surface area contributed by atoms with Crippen LogP contribution in [0.5, 0.6) is 0 Å². The highest BCUT2D eigenvalue weighted by Crippen LogP contribution is 2.32. The number of hydrogen-bond acceptors (Lipinski definition) is 2. The van der Waals surface area contributed by atoms with Crippen molar-refractivity contribution in [2.45, 2.75) is 31.8 Å². The smallest absolute Gasteiger partial charge is 0.139 e. The van der Waals surface area contributed by atoms with E-state index in [1.807, 2.05) is 36.4 Å². The third-order valence-electron chi connectivity index (χ3n) is 3.42. The quantitative estimate of drug-likeness (QED) is 0.867. The standard InChI is InChI=1S/C15H18O2/c1-15(17,13-8-5-9-14(13)16)11-10-12-6-3-2-4-7-12/h2-4,6-7,10-11,13,17H,5,8-9H2,1H3/b11-10+. The van der Waals surface area contributed by atoms with Crippen LogP contribution in [0.3, 0.4) is 0 Å². The second-order valence-corrected chi connectivity index (χ2v) is 4.88. The second-order valence-electron chi connectivity index (χ2n) is 4.88. The average Bonchev–Trinajstić information content (AvgIpc) is 2.75. The zero-order chi connectivity index (χ0) is 12.3. The third-order valence-corrected chi connectivity index (χ3v) is 3.42. The number of rotatable bonds is 3. The topological polar surface area (TPSA) is 37.3 Å². The van der Waals surface area contributed by atoms with Crippen LogP contribution < -0.4 is 0 Å². The molecule has 2 unspecified atom stereocenters. The summed E-state index contributed by atoms with van der Waals surface area (Å²) in [6.07, 6.45) is 5.94. The molecule has 2 rings (SSSR count). The lowest BCUT2D eigenvalue weighted by Crippen LogP contribution is -2.34. The van der Waals surface area contributed by atoms with E-state index in [1.165, 1.54) is 0 Å². The summed E-state index contributed by atoms with van der Waals surface area (Å²) in [5.74, 6) is -0.0461. The molecule has 1 saturated carbocycles. The van der Waals surface area contributed by atoms with Gasteiger partial charge in [0, 0.05) is 12.3 Å². The first-order chi connectivity index (χ1) is 8.09. The molecule has 1 aliphatic rings. The fourth-order valence-corrected chi connectivity index (χ4v) is 2.38. The molecule has 17 heavy (non-hydrogen) atoms. The van der Waals surface area contributed by atoms with Gasteiger partial charge in [-0.05, 0) is 25.3 Å². The van der Waals surface area contributed by atoms with E-state index in [2.05, 4.69) is 0 Å². The number of ketones is 1. The minimum atomic E-state index is -1.02. The monoisotopic (exact) mass is 230 g/mol. The second kappa shape index (κ2) is 4.84. The van der Waals surface area contributed by atoms with Crippen molar-refractivity contribution in [3.8, 4) is 0 Å². The number of aliphatic hydroxyl groups is 1. The molecule has 2 nitrogen and oxygen atoms in total. The molecule has 0 spiro atoms. The number of carbonyl (C=O) groups is 1. The van der Waals surface area contributed by atoms with Crippen molar-refractivity contribution >= 4 is 11.9 Å². The van der Waals surface area contributed by atoms with E-state index in [9.17, 15) is 9.90 Å². The molecule has 0 saturated heterocycles. The van der Waals surface area contributed by atoms with Gasteiger partial charge >= 0.3 is 0 Å². The van der Waals surface area contributed by atoms with Gasteiger partial charge in [-0.15, -0.1) is 0 Å². The van der Waals surface area contributed by atoms with Crippen molar-refractivity contribution in [3.05, 3.63) is 42.0 Å². The van der Waals surface area contributed by atoms with Crippen LogP contribution in [0.15, 0.2) is 36.4 Å². The van der Waals surface area contributed by atoms with Crippen LogP contribution in [0.2, 0.25) is 0 Å². The van der Waals surface area contributed by atoms with Gasteiger partial charge in [-0.25, -0.2) is 0 Å². The maximum Gasteiger partial charge on any atom is 0.139 e. The lowest BCUT2D eigenvalue weighted by molar-refractivity contribution is -0.125. The summed E-state index contributed by atoms with van der Waals surface area (Å²) in [6, 6.07) is 9.81. The molecular weight excluding hydrogens is 212 g/mol. The number of hydrogen-bond donors (Lipinski definition) is 1. The molecule has 0 aromatic heterocycles. The molecule has 0 radical (unpaired) electrons. The van der Waals surface area contributed by atoms with E-state index in [4.69, 9.17) is 0 Å². The first-order valence-corrected chi connectivity index (χ1v) is 6.09. The lowest BCUT2D eigenvalue weighted by atomic mass is 9.86. The zero-order valence-electron chi connectivity index (χ0n) is 10.1. The minimum Gasteiger partial charge on any atom is -0.385 e. The van der Waals surface area contributed by atoms with Gasteiger partial charge in [0.2, 0.25) is 0 Å². The van der Waals surface area contributed by atoms with E-state index in [-0.39, 0.29) is 11.7 Å². The predicted octanol–water partition coefficient (Wildman–Crippen LogP) is 2.82. The fraction of sp³-hybridized carbons (Fsp3) is 0.400. The molecule has 1 aromatic rings. The number of benzene rings is 1. The Morgan fingerprint density at radius 3 is 2.65 bits per heavy atom. The van der Waals surface area contributed by atoms with Crippen molar-refractivity contribution in [1.29, 1.82) is 0 Å². The molecule has 2 atom stereocenters. The van der Waals surface area contributed by atoms with Gasteiger partial charge in [-0.2, -0.15) is 0 Å². The van der Waals surface area contributed by atoms with E-state index >= 15 is 0 Å². The molecule has 0 amide bonds. The largest absolute Gasteiger partial charge is 0.385 e. The van der Waals surface area contributed by atoms with Crippen LogP contribution in [0.1, 0.15) is 31.7 Å². The van der Waals surface area contributed by atoms with Crippen LogP contribution in [-0.4, -0.2) is 16.5 Å². The molecule has 0 heterocycles. The fourth-order valence-electron chi connectivity index (χ4n) is 2.38. The maximum absolute atomic E-state index is 11.6. The van der Waals surface area contributed by atoms with Crippen LogP contribution in [0.4, 0.5) is 0 Å². The molecule has 0 bridgehead atoms. The molecule has 2 heteroatoms. The third kappa shape index (κ3) is 2.83. The van der Waals surface area contributed by atoms with Crippen LogP contribution in [0.25, 0.3) is 6.08 Å². The van der Waals surface area contributed by atoms with Crippen LogP contribution in [0, 0.1) is 5.92 Å². The summed E-state index contributed by atoms with van der Waals surface area (Å²) in [5, 5.41) is 10.3. The summed E-state index contributed by atoms with van der Waals surface area (Å²) in [5.41, 5.74) is 0.0156. The Morgan fingerprint density at radius 1 is 1.35 bits per heavy atom. The highest BCUT2D eigenvalue weighted by molar-refractivity contribution is 5.84. The van der Waals surface area contributed by atoms with Crippen molar-refractivity contribution < 1.29 is 9.90 Å². The van der Waals surface area contributed by atoms with E-state index in [1.54, 1.807) is 13.0 Å². The first-order valence-electron chi connectivity index (χ1n) is 6.09. The molecule has 1 aliphatic carbocycles. The predicted molar refractivity (Wildman–Crippen MR) is 68.4 cm³/mol. The first kappa shape index (κ1) is 12.1. The highest BCUT2D eigenvalue weighted by atomic mass is 16.3. The Labute approximate surface area is 102 Å². The maximum atomic E-state index is 11.6. The van der Waals surface area contributed by atoms with Crippen LogP contribution >= 0.6 is 0 Å². The Kier molecular flexibility index (Phi) is 3.43. The molecule has 0 aliphatic heterocycles. The zero-order valence-corrected chi connectivity index (χ0v) is 10.1. The average molecular weight is 230 g/mol. The summed E-state index contributed by atoms with van der Waals surface area (Å²) < 4.78 is 0. The van der Waals surface area contributed by atoms with Gasteiger partial charge in [0.15, 0.2) is 0 Å². The molecule has 90 valence electrons. The molecule has 1 fully saturated rings. The van der Waals surface area contributed by atoms with Gasteiger partial charge in [0.25, 0.3) is 0 Å². The van der Waals surface area contributed by atoms with Gasteiger partial charge in [-0.3, -0.25) is 4.79 Å². The molecular formula is C15H18O2. The lowest BCUT2D eigenvalue weighted by Gasteiger charge is -2.25. The molecule has 1 aromatic carbocycles. The van der Waals surface area contributed by atoms with E-state index in [0.29, 0.717) is 6.42 Å². The van der Waals surface area contributed by atoms with Gasteiger partial charge in [-0.1, -0.05) is 42.5 Å². The summed E-state index contributed by atoms with van der Waals surface area (Å²) in [4.78, 5) is 11.6. The number of Topliss-reactive ketones (excluding diaryl/α,β-unsaturated/α-hetero) is 1. The van der Waals surface area contributed by atoms with Crippen molar-refractivity contribution in [2.24, 2.45) is 5.92 Å². The van der Waals surface area contributed by atoms with Crippen molar-refractivity contribution in [1.82, 2.24) is 0 Å². The van der Waals surface area contributed by atoms with Gasteiger partial charge in [0.05, 0.1) is 5.60 Å². The minimum absolute atomic E-state index is 0.188. The van der Waals surface area contributed by atoms with Crippen LogP contribution in [-0.2, 0) is 4.79 Å².